The molecule has 0 unspecified atom stereocenters. The molecule has 1 saturated carbocycles. The number of carbonyl (C=O) groups is 2. The van der Waals surface area contributed by atoms with E-state index in [-0.39, 0.29) is 18.4 Å². The second kappa shape index (κ2) is 8.05. The zero-order chi connectivity index (χ0) is 19.5. The van der Waals surface area contributed by atoms with Crippen molar-refractivity contribution < 1.29 is 14.3 Å². The number of anilines is 1. The summed E-state index contributed by atoms with van der Waals surface area (Å²) in [5.74, 6) is 0.799. The molecule has 2 aromatic rings. The standard InChI is InChI=1S/C23H26N2O3/c1-16-13-21(22(26)24-20-11-9-19(10-12-20)18-7-8-18)25(14-16)23(27)28-15-17-5-3-2-4-6-17/h2-6,9-12,16,18,21H,7-8,13-15H2,1H3,(H,24,26)/t16-,21+/m0/s1. The summed E-state index contributed by atoms with van der Waals surface area (Å²) < 4.78 is 5.45. The first-order valence-corrected chi connectivity index (χ1v) is 9.98. The summed E-state index contributed by atoms with van der Waals surface area (Å²) in [4.78, 5) is 27.0. The summed E-state index contributed by atoms with van der Waals surface area (Å²) in [7, 11) is 0. The highest BCUT2D eigenvalue weighted by Gasteiger charge is 2.38. The van der Waals surface area contributed by atoms with Gasteiger partial charge in [0.15, 0.2) is 0 Å². The van der Waals surface area contributed by atoms with E-state index in [4.69, 9.17) is 4.74 Å². The van der Waals surface area contributed by atoms with E-state index in [2.05, 4.69) is 24.4 Å². The van der Waals surface area contributed by atoms with Gasteiger partial charge in [-0.05, 0) is 54.4 Å². The molecular weight excluding hydrogens is 352 g/mol. The van der Waals surface area contributed by atoms with Crippen LogP contribution in [0.25, 0.3) is 0 Å². The second-order valence-electron chi connectivity index (χ2n) is 7.93. The molecule has 0 bridgehead atoms. The van der Waals surface area contributed by atoms with Crippen LogP contribution in [-0.2, 0) is 16.1 Å². The highest BCUT2D eigenvalue weighted by Crippen LogP contribution is 2.40. The van der Waals surface area contributed by atoms with Crippen molar-refractivity contribution in [3.63, 3.8) is 0 Å². The third-order valence-electron chi connectivity index (χ3n) is 5.48. The van der Waals surface area contributed by atoms with E-state index >= 15 is 0 Å². The molecule has 2 aliphatic rings. The number of hydrogen-bond donors (Lipinski definition) is 1. The highest BCUT2D eigenvalue weighted by molar-refractivity contribution is 5.96. The molecule has 2 aromatic carbocycles. The molecule has 2 amide bonds. The van der Waals surface area contributed by atoms with Crippen LogP contribution in [-0.4, -0.2) is 29.5 Å². The molecule has 1 heterocycles. The van der Waals surface area contributed by atoms with Crippen molar-refractivity contribution in [2.45, 2.75) is 44.8 Å². The molecule has 2 fully saturated rings. The fourth-order valence-electron chi connectivity index (χ4n) is 3.78. The Balaban J connectivity index is 1.37. The Labute approximate surface area is 165 Å². The molecule has 2 atom stereocenters. The third kappa shape index (κ3) is 4.35. The van der Waals surface area contributed by atoms with E-state index in [1.807, 2.05) is 42.5 Å². The fraction of sp³-hybridized carbons (Fsp3) is 0.391. The van der Waals surface area contributed by atoms with Gasteiger partial charge in [0.25, 0.3) is 0 Å². The van der Waals surface area contributed by atoms with Crippen molar-refractivity contribution >= 4 is 17.7 Å². The molecule has 5 nitrogen and oxygen atoms in total. The van der Waals surface area contributed by atoms with Crippen LogP contribution in [0.1, 0.15) is 43.2 Å². The molecule has 0 radical (unpaired) electrons. The molecule has 1 N–H and O–H groups in total. The maximum absolute atomic E-state index is 12.8. The van der Waals surface area contributed by atoms with Gasteiger partial charge in [-0.25, -0.2) is 4.79 Å². The summed E-state index contributed by atoms with van der Waals surface area (Å²) in [6.45, 7) is 2.79. The summed E-state index contributed by atoms with van der Waals surface area (Å²) in [6.07, 6.45) is 2.72. The Morgan fingerprint density at radius 3 is 2.46 bits per heavy atom. The molecule has 5 heteroatoms. The minimum Gasteiger partial charge on any atom is -0.445 e. The van der Waals surface area contributed by atoms with Crippen molar-refractivity contribution in [2.75, 3.05) is 11.9 Å². The lowest BCUT2D eigenvalue weighted by Crippen LogP contribution is -2.43. The largest absolute Gasteiger partial charge is 0.445 e. The van der Waals surface area contributed by atoms with Gasteiger partial charge in [-0.1, -0.05) is 49.4 Å². The summed E-state index contributed by atoms with van der Waals surface area (Å²) in [6, 6.07) is 17.1. The van der Waals surface area contributed by atoms with Crippen molar-refractivity contribution in [3.05, 3.63) is 65.7 Å². The number of carbonyl (C=O) groups excluding carboxylic acids is 2. The first-order valence-electron chi connectivity index (χ1n) is 9.98. The fourth-order valence-corrected chi connectivity index (χ4v) is 3.78. The summed E-state index contributed by atoms with van der Waals surface area (Å²) in [5.41, 5.74) is 3.03. The smallest absolute Gasteiger partial charge is 0.410 e. The lowest BCUT2D eigenvalue weighted by Gasteiger charge is -2.23. The number of benzene rings is 2. The molecule has 1 aliphatic heterocycles. The van der Waals surface area contributed by atoms with Crippen LogP contribution in [0, 0.1) is 5.92 Å². The normalized spacial score (nSPS) is 21.4. The number of amides is 2. The van der Waals surface area contributed by atoms with E-state index < -0.39 is 12.1 Å². The van der Waals surface area contributed by atoms with Gasteiger partial charge in [-0.3, -0.25) is 9.69 Å². The number of likely N-dealkylation sites (tertiary alicyclic amines) is 1. The number of hydrogen-bond acceptors (Lipinski definition) is 3. The van der Waals surface area contributed by atoms with Gasteiger partial charge in [0, 0.05) is 12.2 Å². The van der Waals surface area contributed by atoms with Gasteiger partial charge in [0.05, 0.1) is 0 Å². The maximum Gasteiger partial charge on any atom is 0.410 e. The van der Waals surface area contributed by atoms with E-state index in [1.54, 1.807) is 4.90 Å². The summed E-state index contributed by atoms with van der Waals surface area (Å²) >= 11 is 0. The first-order chi connectivity index (χ1) is 13.6. The predicted octanol–water partition coefficient (Wildman–Crippen LogP) is 4.55. The Morgan fingerprint density at radius 1 is 1.07 bits per heavy atom. The predicted molar refractivity (Wildman–Crippen MR) is 108 cm³/mol. The van der Waals surface area contributed by atoms with E-state index in [0.717, 1.165) is 11.3 Å². The van der Waals surface area contributed by atoms with Crippen LogP contribution in [0.3, 0.4) is 0 Å². The first kappa shape index (κ1) is 18.5. The molecule has 28 heavy (non-hydrogen) atoms. The lowest BCUT2D eigenvalue weighted by atomic mass is 10.1. The molecular formula is C23H26N2O3. The summed E-state index contributed by atoms with van der Waals surface area (Å²) in [5, 5.41) is 2.96. The number of rotatable bonds is 5. The SMILES string of the molecule is C[C@H]1C[C@H](C(=O)Nc2ccc(C3CC3)cc2)N(C(=O)OCc2ccccc2)C1. The topological polar surface area (TPSA) is 58.6 Å². The lowest BCUT2D eigenvalue weighted by molar-refractivity contribution is -0.120. The minimum atomic E-state index is -0.499. The highest BCUT2D eigenvalue weighted by atomic mass is 16.6. The van der Waals surface area contributed by atoms with E-state index in [1.165, 1.54) is 18.4 Å². The number of ether oxygens (including phenoxy) is 1. The zero-order valence-electron chi connectivity index (χ0n) is 16.1. The van der Waals surface area contributed by atoms with Crippen LogP contribution in [0.2, 0.25) is 0 Å². The average molecular weight is 378 g/mol. The Morgan fingerprint density at radius 2 is 1.79 bits per heavy atom. The van der Waals surface area contributed by atoms with E-state index in [0.29, 0.717) is 18.9 Å². The van der Waals surface area contributed by atoms with Gasteiger partial charge in [-0.2, -0.15) is 0 Å². The molecule has 1 aliphatic carbocycles. The third-order valence-corrected chi connectivity index (χ3v) is 5.48. The van der Waals surface area contributed by atoms with Gasteiger partial charge in [0.1, 0.15) is 12.6 Å². The number of nitrogens with one attached hydrogen (secondary N) is 1. The quantitative estimate of drug-likeness (QED) is 0.830. The maximum atomic E-state index is 12.8. The monoisotopic (exact) mass is 378 g/mol. The van der Waals surface area contributed by atoms with Crippen LogP contribution < -0.4 is 5.32 Å². The van der Waals surface area contributed by atoms with Crippen molar-refractivity contribution in [3.8, 4) is 0 Å². The van der Waals surface area contributed by atoms with Crippen molar-refractivity contribution in [1.29, 1.82) is 0 Å². The zero-order valence-corrected chi connectivity index (χ0v) is 16.1. The Kier molecular flexibility index (Phi) is 5.33. The second-order valence-corrected chi connectivity index (χ2v) is 7.93. The number of nitrogens with zero attached hydrogens (tertiary/aromatic N) is 1. The van der Waals surface area contributed by atoms with Gasteiger partial charge >= 0.3 is 6.09 Å². The Bertz CT molecular complexity index is 831. The van der Waals surface area contributed by atoms with Crippen LogP contribution in [0.4, 0.5) is 10.5 Å². The molecule has 4 rings (SSSR count). The Hall–Kier alpha value is -2.82. The molecule has 1 saturated heterocycles. The van der Waals surface area contributed by atoms with Gasteiger partial charge in [-0.15, -0.1) is 0 Å². The molecule has 146 valence electrons. The molecule has 0 aromatic heterocycles. The average Bonchev–Trinajstić information content (AvgIpc) is 3.48. The van der Waals surface area contributed by atoms with Gasteiger partial charge in [0.2, 0.25) is 5.91 Å². The van der Waals surface area contributed by atoms with Crippen LogP contribution in [0.5, 0.6) is 0 Å². The van der Waals surface area contributed by atoms with Gasteiger partial charge < -0.3 is 10.1 Å². The minimum absolute atomic E-state index is 0.153. The van der Waals surface area contributed by atoms with Crippen LogP contribution in [0.15, 0.2) is 54.6 Å². The van der Waals surface area contributed by atoms with E-state index in [9.17, 15) is 9.59 Å². The van der Waals surface area contributed by atoms with Crippen molar-refractivity contribution in [1.82, 2.24) is 4.90 Å². The van der Waals surface area contributed by atoms with Crippen LogP contribution >= 0.6 is 0 Å². The van der Waals surface area contributed by atoms with Crippen molar-refractivity contribution in [2.24, 2.45) is 5.92 Å². The molecule has 0 spiro atoms.